The highest BCUT2D eigenvalue weighted by atomic mass is 19.3. The summed E-state index contributed by atoms with van der Waals surface area (Å²) in [5, 5.41) is 2.99. The minimum Gasteiger partial charge on any atom is -0.490 e. The number of halogens is 2. The monoisotopic (exact) mass is 379 g/mol. The number of hydrogen-bond donors (Lipinski definition) is 2. The van der Waals surface area contributed by atoms with Crippen LogP contribution in [0.25, 0.3) is 0 Å². The molecule has 0 aliphatic rings. The van der Waals surface area contributed by atoms with Crippen molar-refractivity contribution in [2.45, 2.75) is 26.7 Å². The van der Waals surface area contributed by atoms with Crippen molar-refractivity contribution in [3.63, 3.8) is 0 Å². The Labute approximate surface area is 156 Å². The standard InChI is InChI=1S/C19H23F2N3O3/c1-3-26-16-10-6-8-13(17(16)27-18(20)21)11-23-19(22)24-15-9-5-4-7-14(15)12-25-2/h4-10,18H,3,11-12H2,1-2H3,(H3,22,23,24). The predicted molar refractivity (Wildman–Crippen MR) is 100 cm³/mol. The van der Waals surface area contributed by atoms with Gasteiger partial charge in [0.25, 0.3) is 0 Å². The van der Waals surface area contributed by atoms with E-state index < -0.39 is 6.61 Å². The van der Waals surface area contributed by atoms with Crippen molar-refractivity contribution in [3.05, 3.63) is 53.6 Å². The van der Waals surface area contributed by atoms with Crippen molar-refractivity contribution in [3.8, 4) is 11.5 Å². The lowest BCUT2D eigenvalue weighted by Gasteiger charge is -2.15. The summed E-state index contributed by atoms with van der Waals surface area (Å²) in [4.78, 5) is 4.22. The SMILES string of the molecule is CCOc1cccc(CN=C(N)Nc2ccccc2COC)c1OC(F)F. The molecule has 2 rings (SSSR count). The van der Waals surface area contributed by atoms with Crippen LogP contribution in [0.5, 0.6) is 11.5 Å². The van der Waals surface area contributed by atoms with Gasteiger partial charge in [0.05, 0.1) is 19.8 Å². The summed E-state index contributed by atoms with van der Waals surface area (Å²) in [6.45, 7) is -0.415. The van der Waals surface area contributed by atoms with E-state index in [1.54, 1.807) is 32.2 Å². The normalized spacial score (nSPS) is 11.5. The molecule has 3 N–H and O–H groups in total. The van der Waals surface area contributed by atoms with Crippen molar-refractivity contribution in [2.24, 2.45) is 10.7 Å². The Kier molecular flexibility index (Phi) is 7.81. The lowest BCUT2D eigenvalue weighted by atomic mass is 10.2. The van der Waals surface area contributed by atoms with Gasteiger partial charge in [0.1, 0.15) is 0 Å². The number of guanidine groups is 1. The molecule has 0 bridgehead atoms. The van der Waals surface area contributed by atoms with Crippen LogP contribution in [0.15, 0.2) is 47.5 Å². The highest BCUT2D eigenvalue weighted by Crippen LogP contribution is 2.33. The molecule has 8 heteroatoms. The average Bonchev–Trinajstić information content (AvgIpc) is 2.63. The number of hydrogen-bond acceptors (Lipinski definition) is 4. The number of rotatable bonds is 9. The predicted octanol–water partition coefficient (Wildman–Crippen LogP) is 3.76. The minimum absolute atomic E-state index is 0.0364. The number of ether oxygens (including phenoxy) is 3. The molecular formula is C19H23F2N3O3. The average molecular weight is 379 g/mol. The third kappa shape index (κ3) is 6.10. The zero-order valence-corrected chi connectivity index (χ0v) is 15.2. The Balaban J connectivity index is 2.18. The maximum atomic E-state index is 12.8. The first-order valence-electron chi connectivity index (χ1n) is 8.38. The number of alkyl halides is 2. The maximum absolute atomic E-state index is 12.8. The summed E-state index contributed by atoms with van der Waals surface area (Å²) in [5.41, 5.74) is 8.06. The van der Waals surface area contributed by atoms with Gasteiger partial charge in [-0.1, -0.05) is 30.3 Å². The molecule has 0 fully saturated rings. The van der Waals surface area contributed by atoms with E-state index in [4.69, 9.17) is 15.2 Å². The Bertz CT molecular complexity index is 770. The van der Waals surface area contributed by atoms with Gasteiger partial charge in [-0.2, -0.15) is 8.78 Å². The largest absolute Gasteiger partial charge is 0.490 e. The Morgan fingerprint density at radius 2 is 1.89 bits per heavy atom. The summed E-state index contributed by atoms with van der Waals surface area (Å²) in [7, 11) is 1.60. The molecule has 0 spiro atoms. The number of anilines is 1. The van der Waals surface area contributed by atoms with Gasteiger partial charge in [0.15, 0.2) is 17.5 Å². The van der Waals surface area contributed by atoms with Crippen molar-refractivity contribution in [1.29, 1.82) is 0 Å². The van der Waals surface area contributed by atoms with Crippen molar-refractivity contribution in [2.75, 3.05) is 19.0 Å². The van der Waals surface area contributed by atoms with Gasteiger partial charge < -0.3 is 25.3 Å². The third-order valence-electron chi connectivity index (χ3n) is 3.57. The van der Waals surface area contributed by atoms with Crippen LogP contribution in [-0.2, 0) is 17.9 Å². The van der Waals surface area contributed by atoms with E-state index in [9.17, 15) is 8.78 Å². The fraction of sp³-hybridized carbons (Fsp3) is 0.316. The molecular weight excluding hydrogens is 356 g/mol. The number of methoxy groups -OCH3 is 1. The second kappa shape index (κ2) is 10.3. The summed E-state index contributed by atoms with van der Waals surface area (Å²) >= 11 is 0. The maximum Gasteiger partial charge on any atom is 0.387 e. The molecule has 0 unspecified atom stereocenters. The van der Waals surface area contributed by atoms with E-state index >= 15 is 0 Å². The topological polar surface area (TPSA) is 78.1 Å². The first-order valence-corrected chi connectivity index (χ1v) is 8.38. The first kappa shape index (κ1) is 20.4. The van der Waals surface area contributed by atoms with Gasteiger partial charge in [-0.3, -0.25) is 0 Å². The highest BCUT2D eigenvalue weighted by molar-refractivity contribution is 5.93. The second-order valence-corrected chi connectivity index (χ2v) is 5.47. The highest BCUT2D eigenvalue weighted by Gasteiger charge is 2.15. The van der Waals surface area contributed by atoms with Crippen LogP contribution in [-0.4, -0.2) is 26.3 Å². The Morgan fingerprint density at radius 1 is 1.15 bits per heavy atom. The number of nitrogens with two attached hydrogens (primary N) is 1. The Hall–Kier alpha value is -2.87. The summed E-state index contributed by atoms with van der Waals surface area (Å²) in [6.07, 6.45) is 0. The zero-order chi connectivity index (χ0) is 19.6. The molecule has 0 radical (unpaired) electrons. The summed E-state index contributed by atoms with van der Waals surface area (Å²) in [6, 6.07) is 12.4. The van der Waals surface area contributed by atoms with E-state index in [0.29, 0.717) is 18.8 Å². The van der Waals surface area contributed by atoms with Crippen LogP contribution >= 0.6 is 0 Å². The van der Waals surface area contributed by atoms with Crippen LogP contribution in [0.4, 0.5) is 14.5 Å². The molecule has 0 aliphatic heterocycles. The van der Waals surface area contributed by atoms with E-state index in [2.05, 4.69) is 15.0 Å². The van der Waals surface area contributed by atoms with Crippen LogP contribution in [0.1, 0.15) is 18.1 Å². The van der Waals surface area contributed by atoms with E-state index in [-0.39, 0.29) is 24.0 Å². The summed E-state index contributed by atoms with van der Waals surface area (Å²) < 4.78 is 40.7. The molecule has 146 valence electrons. The van der Waals surface area contributed by atoms with Crippen molar-refractivity contribution < 1.29 is 23.0 Å². The minimum atomic E-state index is -2.97. The molecule has 0 aliphatic carbocycles. The van der Waals surface area contributed by atoms with Crippen LogP contribution < -0.4 is 20.5 Å². The number of nitrogens with one attached hydrogen (secondary N) is 1. The van der Waals surface area contributed by atoms with Gasteiger partial charge in [0.2, 0.25) is 0 Å². The molecule has 0 aromatic heterocycles. The fourth-order valence-corrected chi connectivity index (χ4v) is 2.45. The molecule has 6 nitrogen and oxygen atoms in total. The molecule has 2 aromatic rings. The van der Waals surface area contributed by atoms with Gasteiger partial charge in [-0.15, -0.1) is 0 Å². The lowest BCUT2D eigenvalue weighted by Crippen LogP contribution is -2.23. The first-order chi connectivity index (χ1) is 13.0. The number of aliphatic imine (C=N–C) groups is 1. The van der Waals surface area contributed by atoms with Crippen LogP contribution in [0.2, 0.25) is 0 Å². The van der Waals surface area contributed by atoms with Gasteiger partial charge in [-0.05, 0) is 19.1 Å². The molecule has 27 heavy (non-hydrogen) atoms. The van der Waals surface area contributed by atoms with E-state index in [1.807, 2.05) is 24.3 Å². The molecule has 0 atom stereocenters. The van der Waals surface area contributed by atoms with Crippen molar-refractivity contribution in [1.82, 2.24) is 0 Å². The number of benzene rings is 2. The lowest BCUT2D eigenvalue weighted by molar-refractivity contribution is -0.0520. The Morgan fingerprint density at radius 3 is 2.59 bits per heavy atom. The number of para-hydroxylation sites is 2. The van der Waals surface area contributed by atoms with Gasteiger partial charge in [0, 0.05) is 23.9 Å². The zero-order valence-electron chi connectivity index (χ0n) is 15.2. The fourth-order valence-electron chi connectivity index (χ4n) is 2.45. The molecule has 0 saturated carbocycles. The van der Waals surface area contributed by atoms with Gasteiger partial charge >= 0.3 is 6.61 Å². The molecule has 2 aromatic carbocycles. The van der Waals surface area contributed by atoms with E-state index in [0.717, 1.165) is 11.3 Å². The molecule has 0 amide bonds. The van der Waals surface area contributed by atoms with Crippen LogP contribution in [0.3, 0.4) is 0 Å². The number of nitrogens with zero attached hydrogens (tertiary/aromatic N) is 1. The third-order valence-corrected chi connectivity index (χ3v) is 3.57. The quantitative estimate of drug-likeness (QED) is 0.512. The second-order valence-electron chi connectivity index (χ2n) is 5.47. The van der Waals surface area contributed by atoms with Crippen LogP contribution in [0, 0.1) is 0 Å². The van der Waals surface area contributed by atoms with Gasteiger partial charge in [-0.25, -0.2) is 4.99 Å². The molecule has 0 saturated heterocycles. The van der Waals surface area contributed by atoms with E-state index in [1.165, 1.54) is 0 Å². The molecule has 0 heterocycles. The van der Waals surface area contributed by atoms with Crippen molar-refractivity contribution >= 4 is 11.6 Å². The summed E-state index contributed by atoms with van der Waals surface area (Å²) in [5.74, 6) is 0.344. The smallest absolute Gasteiger partial charge is 0.387 e.